The lowest BCUT2D eigenvalue weighted by atomic mass is 9.97. The summed E-state index contributed by atoms with van der Waals surface area (Å²) < 4.78 is 2.42. The number of hydrogen-bond acceptors (Lipinski definition) is 3. The number of nitrogens with zero attached hydrogens (tertiary/aromatic N) is 4. The minimum absolute atomic E-state index is 0.609. The first-order valence-electron chi connectivity index (χ1n) is 23.9. The van der Waals surface area contributed by atoms with E-state index >= 15 is 0 Å². The van der Waals surface area contributed by atoms with Crippen LogP contribution in [0.4, 0.5) is 0 Å². The second kappa shape index (κ2) is 18.0. The Morgan fingerprint density at radius 3 is 1.40 bits per heavy atom. The van der Waals surface area contributed by atoms with E-state index in [9.17, 15) is 0 Å². The molecule has 0 radical (unpaired) electrons. The summed E-state index contributed by atoms with van der Waals surface area (Å²) in [5.41, 5.74) is 13.2. The van der Waals surface area contributed by atoms with Crippen molar-refractivity contribution in [2.24, 2.45) is 0 Å². The Morgan fingerprint density at radius 2 is 0.800 bits per heavy atom. The summed E-state index contributed by atoms with van der Waals surface area (Å²) in [6, 6.07) is 92.3. The summed E-state index contributed by atoms with van der Waals surface area (Å²) >= 11 is 0. The van der Waals surface area contributed by atoms with Gasteiger partial charge in [-0.25, -0.2) is 15.0 Å². The van der Waals surface area contributed by atoms with Gasteiger partial charge >= 0.3 is 0 Å². The van der Waals surface area contributed by atoms with Crippen molar-refractivity contribution in [3.05, 3.63) is 266 Å². The van der Waals surface area contributed by atoms with Gasteiger partial charge in [0.05, 0.1) is 11.0 Å². The van der Waals surface area contributed by atoms with Gasteiger partial charge in [0.25, 0.3) is 0 Å². The maximum atomic E-state index is 5.32. The largest absolute Gasteiger partial charge is 0.309 e. The van der Waals surface area contributed by atoms with E-state index in [0.29, 0.717) is 17.5 Å². The number of benzene rings is 10. The lowest BCUT2D eigenvalue weighted by Gasteiger charge is -2.34. The fourth-order valence-electron chi connectivity index (χ4n) is 10.6. The molecule has 12 aromatic rings. The first kappa shape index (κ1) is 42.6. The minimum Gasteiger partial charge on any atom is -0.309 e. The Morgan fingerprint density at radius 1 is 0.314 bits per heavy atom. The number of rotatable bonds is 10. The molecular formula is C65H48N4Si. The lowest BCUT2D eigenvalue weighted by Crippen LogP contribution is -2.74. The monoisotopic (exact) mass is 912 g/mol. The summed E-state index contributed by atoms with van der Waals surface area (Å²) in [6.07, 6.45) is 0. The number of fused-ring (bicyclic) bond motifs is 3. The molecule has 4 nitrogen and oxygen atoms in total. The number of aryl methyl sites for hydroxylation is 2. The Bertz CT molecular complexity index is 3680. The average Bonchev–Trinajstić information content (AvgIpc) is 3.76. The SMILES string of the molecule is Cc1ccc(-c2ccc3c(c2)c2ccccc2n3-c2ccc(-c3nc(-c4ccccc4)nc(-c4ccccc4)n3)c(-c3cccc([Si](c4ccccc4)(c4ccccc4)c4ccccc4)c3)c2)c(C)c1. The molecule has 0 unspecified atom stereocenters. The Labute approximate surface area is 409 Å². The predicted octanol–water partition coefficient (Wildman–Crippen LogP) is 13.3. The van der Waals surface area contributed by atoms with E-state index in [1.54, 1.807) is 0 Å². The van der Waals surface area contributed by atoms with Crippen LogP contribution in [0.1, 0.15) is 11.1 Å². The summed E-state index contributed by atoms with van der Waals surface area (Å²) in [4.78, 5) is 15.7. The van der Waals surface area contributed by atoms with E-state index in [0.717, 1.165) is 44.5 Å². The summed E-state index contributed by atoms with van der Waals surface area (Å²) in [7, 11) is -2.89. The van der Waals surface area contributed by atoms with Gasteiger partial charge in [-0.3, -0.25) is 0 Å². The Hall–Kier alpha value is -8.77. The zero-order chi connectivity index (χ0) is 47.0. The van der Waals surface area contributed by atoms with Crippen LogP contribution in [-0.2, 0) is 0 Å². The predicted molar refractivity (Wildman–Crippen MR) is 294 cm³/mol. The summed E-state index contributed by atoms with van der Waals surface area (Å²) in [5, 5.41) is 7.66. The van der Waals surface area contributed by atoms with E-state index in [1.807, 2.05) is 36.4 Å². The normalized spacial score (nSPS) is 11.6. The van der Waals surface area contributed by atoms with Crippen LogP contribution < -0.4 is 20.7 Å². The molecule has 2 heterocycles. The van der Waals surface area contributed by atoms with Crippen LogP contribution in [0.2, 0.25) is 0 Å². The van der Waals surface area contributed by atoms with Crippen molar-refractivity contribution >= 4 is 50.6 Å². The lowest BCUT2D eigenvalue weighted by molar-refractivity contribution is 1.07. The second-order valence-corrected chi connectivity index (χ2v) is 21.9. The fraction of sp³-hybridized carbons (Fsp3) is 0.0308. The van der Waals surface area contributed by atoms with Gasteiger partial charge in [-0.15, -0.1) is 0 Å². The molecule has 2 aromatic heterocycles. The van der Waals surface area contributed by atoms with Gasteiger partial charge in [0.1, 0.15) is 0 Å². The zero-order valence-corrected chi connectivity index (χ0v) is 40.0. The van der Waals surface area contributed by atoms with Gasteiger partial charge in [-0.2, -0.15) is 0 Å². The van der Waals surface area contributed by atoms with Crippen molar-refractivity contribution in [1.29, 1.82) is 0 Å². The molecule has 70 heavy (non-hydrogen) atoms. The van der Waals surface area contributed by atoms with E-state index < -0.39 is 8.07 Å². The van der Waals surface area contributed by atoms with Gasteiger partial charge in [0.15, 0.2) is 25.5 Å². The first-order valence-corrected chi connectivity index (χ1v) is 25.9. The molecule has 0 bridgehead atoms. The third kappa shape index (κ3) is 7.54. The van der Waals surface area contributed by atoms with Crippen LogP contribution in [0.3, 0.4) is 0 Å². The average molecular weight is 913 g/mol. The molecule has 0 atom stereocenters. The van der Waals surface area contributed by atoms with Crippen molar-refractivity contribution in [2.45, 2.75) is 13.8 Å². The van der Waals surface area contributed by atoms with Gasteiger partial charge in [-0.05, 0) is 98.8 Å². The van der Waals surface area contributed by atoms with Crippen LogP contribution in [0.5, 0.6) is 0 Å². The number of hydrogen-bond donors (Lipinski definition) is 0. The molecule has 12 rings (SSSR count). The Kier molecular flexibility index (Phi) is 11.0. The highest BCUT2D eigenvalue weighted by atomic mass is 28.3. The van der Waals surface area contributed by atoms with Crippen LogP contribution in [0.15, 0.2) is 255 Å². The van der Waals surface area contributed by atoms with Crippen molar-refractivity contribution in [3.63, 3.8) is 0 Å². The summed E-state index contributed by atoms with van der Waals surface area (Å²) in [6.45, 7) is 4.36. The van der Waals surface area contributed by atoms with Gasteiger partial charge in [0, 0.05) is 33.2 Å². The first-order chi connectivity index (χ1) is 34.5. The van der Waals surface area contributed by atoms with Crippen molar-refractivity contribution in [1.82, 2.24) is 19.5 Å². The molecule has 0 aliphatic heterocycles. The van der Waals surface area contributed by atoms with Crippen LogP contribution in [0, 0.1) is 13.8 Å². The van der Waals surface area contributed by atoms with E-state index in [2.05, 4.69) is 237 Å². The van der Waals surface area contributed by atoms with Crippen molar-refractivity contribution < 1.29 is 0 Å². The zero-order valence-electron chi connectivity index (χ0n) is 39.0. The van der Waals surface area contributed by atoms with E-state index in [-0.39, 0.29) is 0 Å². The van der Waals surface area contributed by atoms with E-state index in [1.165, 1.54) is 53.8 Å². The Balaban J connectivity index is 1.13. The van der Waals surface area contributed by atoms with Gasteiger partial charge in [-0.1, -0.05) is 224 Å². The number of para-hydroxylation sites is 1. The third-order valence-electron chi connectivity index (χ3n) is 13.8. The smallest absolute Gasteiger partial charge is 0.179 e. The molecule has 0 saturated heterocycles. The van der Waals surface area contributed by atoms with Gasteiger partial charge < -0.3 is 4.57 Å². The van der Waals surface area contributed by atoms with Gasteiger partial charge in [0.2, 0.25) is 0 Å². The number of aromatic nitrogens is 4. The highest BCUT2D eigenvalue weighted by molar-refractivity contribution is 7.19. The summed E-state index contributed by atoms with van der Waals surface area (Å²) in [5.74, 6) is 1.86. The maximum absolute atomic E-state index is 5.32. The molecule has 0 spiro atoms. The highest BCUT2D eigenvalue weighted by Crippen LogP contribution is 2.39. The fourth-order valence-corrected chi connectivity index (χ4v) is 15.4. The molecule has 332 valence electrons. The molecule has 0 aliphatic carbocycles. The molecule has 0 amide bonds. The second-order valence-electron chi connectivity index (χ2n) is 18.1. The molecule has 0 aliphatic rings. The molecule has 0 N–H and O–H groups in total. The molecule has 0 saturated carbocycles. The third-order valence-corrected chi connectivity index (χ3v) is 18.6. The molecule has 10 aromatic carbocycles. The van der Waals surface area contributed by atoms with Crippen LogP contribution >= 0.6 is 0 Å². The standard InChI is InChI=1S/C65H48N4Si/c1-45-35-38-56(46(2)41-45)50-36-40-62-60(43-50)57-33-18-19-34-61(57)69(62)51-37-39-58(65-67-63(47-21-8-3-9-22-47)66-64(68-65)48-23-10-4-11-24-48)59(44-51)49-25-20-32-55(42-49)70(52-26-12-5-13-27-52,53-28-14-6-15-29-53)54-30-16-7-17-31-54/h3-44H,1-2H3. The molecule has 0 fully saturated rings. The molecular weight excluding hydrogens is 865 g/mol. The minimum atomic E-state index is -2.89. The van der Waals surface area contributed by atoms with Crippen LogP contribution in [-0.4, -0.2) is 27.6 Å². The van der Waals surface area contributed by atoms with Crippen LogP contribution in [0.25, 0.3) is 83.9 Å². The molecule has 5 heteroatoms. The van der Waals surface area contributed by atoms with Crippen molar-refractivity contribution in [2.75, 3.05) is 0 Å². The highest BCUT2D eigenvalue weighted by Gasteiger charge is 2.41. The quantitative estimate of drug-likeness (QED) is 0.101. The maximum Gasteiger partial charge on any atom is 0.179 e. The van der Waals surface area contributed by atoms with Crippen molar-refractivity contribution in [3.8, 4) is 62.1 Å². The topological polar surface area (TPSA) is 43.6 Å². The van der Waals surface area contributed by atoms with E-state index in [4.69, 9.17) is 15.0 Å².